The van der Waals surface area contributed by atoms with Gasteiger partial charge in [-0.3, -0.25) is 4.90 Å². The van der Waals surface area contributed by atoms with E-state index in [-0.39, 0.29) is 5.82 Å². The molecule has 6 heteroatoms. The lowest BCUT2D eigenvalue weighted by molar-refractivity contribution is 0.0357. The molecule has 128 valence electrons. The van der Waals surface area contributed by atoms with E-state index in [1.165, 1.54) is 12.1 Å². The SMILES string of the molecule is CC(C)NC(=S)N(CCN1CCOCC1)Cc1ccc(F)cc1. The maximum Gasteiger partial charge on any atom is 0.169 e. The lowest BCUT2D eigenvalue weighted by atomic mass is 10.2. The molecule has 1 saturated heterocycles. The van der Waals surface area contributed by atoms with Gasteiger partial charge in [0.25, 0.3) is 0 Å². The van der Waals surface area contributed by atoms with Gasteiger partial charge in [0, 0.05) is 38.8 Å². The number of halogens is 1. The summed E-state index contributed by atoms with van der Waals surface area (Å²) in [5.41, 5.74) is 1.06. The first kappa shape index (κ1) is 18.1. The summed E-state index contributed by atoms with van der Waals surface area (Å²) in [6, 6.07) is 6.91. The zero-order valence-corrected chi connectivity index (χ0v) is 14.7. The zero-order chi connectivity index (χ0) is 16.7. The molecule has 2 rings (SSSR count). The normalized spacial score (nSPS) is 15.7. The highest BCUT2D eigenvalue weighted by Gasteiger charge is 2.15. The monoisotopic (exact) mass is 339 g/mol. The number of hydrogen-bond donors (Lipinski definition) is 1. The minimum Gasteiger partial charge on any atom is -0.379 e. The van der Waals surface area contributed by atoms with Crippen molar-refractivity contribution in [1.29, 1.82) is 0 Å². The fourth-order valence-electron chi connectivity index (χ4n) is 2.49. The van der Waals surface area contributed by atoms with Gasteiger partial charge in [-0.25, -0.2) is 4.39 Å². The Morgan fingerprint density at radius 3 is 2.57 bits per heavy atom. The Morgan fingerprint density at radius 1 is 1.30 bits per heavy atom. The maximum atomic E-state index is 13.1. The largest absolute Gasteiger partial charge is 0.379 e. The number of hydrogen-bond acceptors (Lipinski definition) is 3. The molecule has 1 aromatic carbocycles. The molecule has 0 unspecified atom stereocenters. The first-order valence-electron chi connectivity index (χ1n) is 8.14. The van der Waals surface area contributed by atoms with Crippen molar-refractivity contribution in [2.75, 3.05) is 39.4 Å². The second kappa shape index (κ2) is 9.15. The van der Waals surface area contributed by atoms with Crippen LogP contribution in [0.2, 0.25) is 0 Å². The van der Waals surface area contributed by atoms with Crippen molar-refractivity contribution in [1.82, 2.24) is 15.1 Å². The molecule has 1 aromatic rings. The van der Waals surface area contributed by atoms with Gasteiger partial charge in [0.15, 0.2) is 5.11 Å². The van der Waals surface area contributed by atoms with Crippen molar-refractivity contribution in [3.05, 3.63) is 35.6 Å². The van der Waals surface area contributed by atoms with Gasteiger partial charge in [0.1, 0.15) is 5.82 Å². The number of nitrogens with zero attached hydrogens (tertiary/aromatic N) is 2. The van der Waals surface area contributed by atoms with Gasteiger partial charge < -0.3 is 15.0 Å². The van der Waals surface area contributed by atoms with E-state index in [0.717, 1.165) is 50.1 Å². The van der Waals surface area contributed by atoms with E-state index in [0.29, 0.717) is 12.6 Å². The summed E-state index contributed by atoms with van der Waals surface area (Å²) in [7, 11) is 0. The smallest absolute Gasteiger partial charge is 0.169 e. The molecule has 4 nitrogen and oxygen atoms in total. The highest BCUT2D eigenvalue weighted by Crippen LogP contribution is 2.08. The minimum atomic E-state index is -0.212. The standard InChI is InChI=1S/C17H26FN3OS/c1-14(2)19-17(23)21(8-7-20-9-11-22-12-10-20)13-15-3-5-16(18)6-4-15/h3-6,14H,7-13H2,1-2H3,(H,19,23). The van der Waals surface area contributed by atoms with Crippen LogP contribution in [-0.4, -0.2) is 60.3 Å². The molecule has 1 aliphatic rings. The van der Waals surface area contributed by atoms with Crippen LogP contribution in [0.15, 0.2) is 24.3 Å². The van der Waals surface area contributed by atoms with Crippen molar-refractivity contribution in [2.24, 2.45) is 0 Å². The highest BCUT2D eigenvalue weighted by molar-refractivity contribution is 7.80. The molecule has 0 aliphatic carbocycles. The molecule has 0 saturated carbocycles. The maximum absolute atomic E-state index is 13.1. The average molecular weight is 339 g/mol. The summed E-state index contributed by atoms with van der Waals surface area (Å²) in [6.45, 7) is 10.2. The summed E-state index contributed by atoms with van der Waals surface area (Å²) in [6.07, 6.45) is 0. The van der Waals surface area contributed by atoms with E-state index in [2.05, 4.69) is 29.0 Å². The van der Waals surface area contributed by atoms with E-state index in [9.17, 15) is 4.39 Å². The number of rotatable bonds is 6. The van der Waals surface area contributed by atoms with Gasteiger partial charge in [0.05, 0.1) is 13.2 Å². The molecule has 0 radical (unpaired) electrons. The van der Waals surface area contributed by atoms with E-state index >= 15 is 0 Å². The molecule has 0 bridgehead atoms. The Bertz CT molecular complexity index is 489. The minimum absolute atomic E-state index is 0.212. The van der Waals surface area contributed by atoms with Gasteiger partial charge in [-0.05, 0) is 43.8 Å². The Balaban J connectivity index is 1.95. The van der Waals surface area contributed by atoms with Crippen LogP contribution in [0.5, 0.6) is 0 Å². The quantitative estimate of drug-likeness (QED) is 0.803. The van der Waals surface area contributed by atoms with E-state index < -0.39 is 0 Å². The Hall–Kier alpha value is -1.24. The summed E-state index contributed by atoms with van der Waals surface area (Å²) in [5, 5.41) is 4.05. The van der Waals surface area contributed by atoms with Crippen LogP contribution in [0.3, 0.4) is 0 Å². The van der Waals surface area contributed by atoms with Crippen LogP contribution >= 0.6 is 12.2 Å². The van der Waals surface area contributed by atoms with Gasteiger partial charge in [0.2, 0.25) is 0 Å². The number of thiocarbonyl (C=S) groups is 1. The summed E-state index contributed by atoms with van der Waals surface area (Å²) in [5.74, 6) is -0.212. The number of ether oxygens (including phenoxy) is 1. The molecular weight excluding hydrogens is 313 g/mol. The fourth-order valence-corrected chi connectivity index (χ4v) is 2.88. The van der Waals surface area contributed by atoms with Crippen LogP contribution in [0.4, 0.5) is 4.39 Å². The third-order valence-electron chi connectivity index (χ3n) is 3.78. The molecule has 0 spiro atoms. The lowest BCUT2D eigenvalue weighted by Crippen LogP contribution is -2.47. The summed E-state index contributed by atoms with van der Waals surface area (Å²) < 4.78 is 18.5. The zero-order valence-electron chi connectivity index (χ0n) is 13.9. The lowest BCUT2D eigenvalue weighted by Gasteiger charge is -2.32. The van der Waals surface area contributed by atoms with Gasteiger partial charge in [-0.1, -0.05) is 12.1 Å². The van der Waals surface area contributed by atoms with Gasteiger partial charge >= 0.3 is 0 Å². The van der Waals surface area contributed by atoms with E-state index in [1.54, 1.807) is 0 Å². The predicted molar refractivity (Wildman–Crippen MR) is 94.9 cm³/mol. The van der Waals surface area contributed by atoms with E-state index in [1.807, 2.05) is 12.1 Å². The first-order valence-corrected chi connectivity index (χ1v) is 8.55. The third kappa shape index (κ3) is 6.41. The summed E-state index contributed by atoms with van der Waals surface area (Å²) in [4.78, 5) is 4.54. The molecule has 0 aromatic heterocycles. The third-order valence-corrected chi connectivity index (χ3v) is 4.15. The van der Waals surface area contributed by atoms with Crippen LogP contribution in [0.1, 0.15) is 19.4 Å². The van der Waals surface area contributed by atoms with Crippen molar-refractivity contribution >= 4 is 17.3 Å². The van der Waals surface area contributed by atoms with E-state index in [4.69, 9.17) is 17.0 Å². The van der Waals surface area contributed by atoms with Crippen LogP contribution in [0.25, 0.3) is 0 Å². The molecule has 0 atom stereocenters. The van der Waals surface area contributed by atoms with Crippen molar-refractivity contribution in [3.8, 4) is 0 Å². The topological polar surface area (TPSA) is 27.7 Å². The molecule has 1 aliphatic heterocycles. The molecule has 1 N–H and O–H groups in total. The van der Waals surface area contributed by atoms with Gasteiger partial charge in [-0.2, -0.15) is 0 Å². The summed E-state index contributed by atoms with van der Waals surface area (Å²) >= 11 is 5.54. The highest BCUT2D eigenvalue weighted by atomic mass is 32.1. The first-order chi connectivity index (χ1) is 11.0. The second-order valence-corrected chi connectivity index (χ2v) is 6.49. The molecule has 23 heavy (non-hydrogen) atoms. The number of nitrogens with one attached hydrogen (secondary N) is 1. The predicted octanol–water partition coefficient (Wildman–Crippen LogP) is 2.24. The van der Waals surface area contributed by atoms with Crippen molar-refractivity contribution in [3.63, 3.8) is 0 Å². The van der Waals surface area contributed by atoms with Crippen molar-refractivity contribution < 1.29 is 9.13 Å². The Labute approximate surface area is 143 Å². The Kier molecular flexibility index (Phi) is 7.20. The Morgan fingerprint density at radius 2 is 1.96 bits per heavy atom. The number of benzene rings is 1. The van der Waals surface area contributed by atoms with Gasteiger partial charge in [-0.15, -0.1) is 0 Å². The molecule has 1 heterocycles. The van der Waals surface area contributed by atoms with Crippen LogP contribution < -0.4 is 5.32 Å². The number of morpholine rings is 1. The van der Waals surface area contributed by atoms with Crippen molar-refractivity contribution in [2.45, 2.75) is 26.4 Å². The van der Waals surface area contributed by atoms with Crippen LogP contribution in [-0.2, 0) is 11.3 Å². The molecular formula is C17H26FN3OS. The average Bonchev–Trinajstić information content (AvgIpc) is 2.53. The molecule has 1 fully saturated rings. The second-order valence-electron chi connectivity index (χ2n) is 6.11. The van der Waals surface area contributed by atoms with Crippen LogP contribution in [0, 0.1) is 5.82 Å². The fraction of sp³-hybridized carbons (Fsp3) is 0.588. The molecule has 0 amide bonds.